The van der Waals surface area contributed by atoms with Gasteiger partial charge in [0.2, 0.25) is 0 Å². The molecule has 3 rings (SSSR count). The average molecular weight is 463 g/mol. The Bertz CT molecular complexity index is 941. The minimum absolute atomic E-state index is 0.0800. The number of hydrogen-bond donors (Lipinski definition) is 3. The predicted molar refractivity (Wildman–Crippen MR) is 109 cm³/mol. The Kier molecular flexibility index (Phi) is 6.17. The van der Waals surface area contributed by atoms with Gasteiger partial charge in [0.25, 0.3) is 5.91 Å². The van der Waals surface area contributed by atoms with Gasteiger partial charge < -0.3 is 10.6 Å². The number of imide groups is 1. The highest BCUT2D eigenvalue weighted by Crippen LogP contribution is 2.26. The minimum Gasteiger partial charge on any atom is -0.322 e. The molecule has 1 atom stereocenters. The highest BCUT2D eigenvalue weighted by atomic mass is 79.9. The number of rotatable bonds is 6. The molecule has 2 aromatic carbocycles. The highest BCUT2D eigenvalue weighted by Gasteiger charge is 2.50. The third kappa shape index (κ3) is 4.56. The zero-order valence-corrected chi connectivity index (χ0v) is 17.3. The SMILES string of the molecule is CCC1(CCc2ccccc2)NC(=O)N(NC(=O)Nc2ccc(Br)cc2F)C1=O. The second-order valence-corrected chi connectivity index (χ2v) is 7.60. The van der Waals surface area contributed by atoms with Gasteiger partial charge in [-0.2, -0.15) is 5.01 Å². The lowest BCUT2D eigenvalue weighted by molar-refractivity contribution is -0.133. The molecular formula is C20H20BrFN4O3. The molecular weight excluding hydrogens is 443 g/mol. The van der Waals surface area contributed by atoms with E-state index in [1.54, 1.807) is 13.0 Å². The average Bonchev–Trinajstić information content (AvgIpc) is 2.94. The van der Waals surface area contributed by atoms with E-state index in [4.69, 9.17) is 0 Å². The lowest BCUT2D eigenvalue weighted by Crippen LogP contribution is -2.51. The zero-order valence-electron chi connectivity index (χ0n) is 15.7. The smallest absolute Gasteiger partial charge is 0.322 e. The van der Waals surface area contributed by atoms with E-state index in [1.807, 2.05) is 30.3 Å². The molecule has 5 amide bonds. The van der Waals surface area contributed by atoms with Crippen molar-refractivity contribution in [3.63, 3.8) is 0 Å². The summed E-state index contributed by atoms with van der Waals surface area (Å²) in [5.41, 5.74) is 2.05. The molecule has 0 spiro atoms. The van der Waals surface area contributed by atoms with Gasteiger partial charge in [-0.1, -0.05) is 53.2 Å². The summed E-state index contributed by atoms with van der Waals surface area (Å²) in [6, 6.07) is 12.1. The molecule has 1 unspecified atom stereocenters. The number of urea groups is 2. The third-order valence-corrected chi connectivity index (χ3v) is 5.33. The first-order chi connectivity index (χ1) is 13.8. The maximum atomic E-state index is 13.9. The highest BCUT2D eigenvalue weighted by molar-refractivity contribution is 9.10. The van der Waals surface area contributed by atoms with Gasteiger partial charge in [-0.25, -0.2) is 19.4 Å². The van der Waals surface area contributed by atoms with Crippen molar-refractivity contribution in [1.82, 2.24) is 15.8 Å². The van der Waals surface area contributed by atoms with Crippen molar-refractivity contribution in [3.8, 4) is 0 Å². The number of hydrazine groups is 1. The minimum atomic E-state index is -1.11. The van der Waals surface area contributed by atoms with Gasteiger partial charge in [-0.3, -0.25) is 4.79 Å². The maximum Gasteiger partial charge on any atom is 0.344 e. The first-order valence-electron chi connectivity index (χ1n) is 9.08. The summed E-state index contributed by atoms with van der Waals surface area (Å²) in [6.07, 6.45) is 1.34. The van der Waals surface area contributed by atoms with Crippen LogP contribution in [0.2, 0.25) is 0 Å². The quantitative estimate of drug-likeness (QED) is 0.567. The molecule has 152 valence electrons. The lowest BCUT2D eigenvalue weighted by atomic mass is 9.89. The Morgan fingerprint density at radius 3 is 2.59 bits per heavy atom. The van der Waals surface area contributed by atoms with Crippen LogP contribution in [0.1, 0.15) is 25.3 Å². The molecule has 29 heavy (non-hydrogen) atoms. The fourth-order valence-corrected chi connectivity index (χ4v) is 3.49. The number of amides is 5. The van der Waals surface area contributed by atoms with Crippen molar-refractivity contribution in [2.75, 3.05) is 5.32 Å². The van der Waals surface area contributed by atoms with Crippen LogP contribution in [0.3, 0.4) is 0 Å². The van der Waals surface area contributed by atoms with E-state index in [0.29, 0.717) is 28.7 Å². The predicted octanol–water partition coefficient (Wildman–Crippen LogP) is 3.96. The van der Waals surface area contributed by atoms with Crippen LogP contribution in [0.25, 0.3) is 0 Å². The van der Waals surface area contributed by atoms with Gasteiger partial charge in [0.1, 0.15) is 11.4 Å². The lowest BCUT2D eigenvalue weighted by Gasteiger charge is -2.25. The molecule has 0 bridgehead atoms. The Hall–Kier alpha value is -2.94. The number of hydrogen-bond acceptors (Lipinski definition) is 3. The van der Waals surface area contributed by atoms with E-state index in [2.05, 4.69) is 32.0 Å². The molecule has 2 aromatic rings. The molecule has 0 aromatic heterocycles. The summed E-state index contributed by atoms with van der Waals surface area (Å²) < 4.78 is 14.4. The van der Waals surface area contributed by atoms with Crippen LogP contribution in [0.4, 0.5) is 19.7 Å². The summed E-state index contributed by atoms with van der Waals surface area (Å²) in [4.78, 5) is 37.5. The van der Waals surface area contributed by atoms with Crippen LogP contribution in [0.5, 0.6) is 0 Å². The molecule has 7 nitrogen and oxygen atoms in total. The van der Waals surface area contributed by atoms with E-state index in [1.165, 1.54) is 12.1 Å². The second kappa shape index (κ2) is 8.60. The summed E-state index contributed by atoms with van der Waals surface area (Å²) in [7, 11) is 0. The van der Waals surface area contributed by atoms with Crippen LogP contribution in [-0.2, 0) is 11.2 Å². The topological polar surface area (TPSA) is 90.5 Å². The van der Waals surface area contributed by atoms with Crippen molar-refractivity contribution in [1.29, 1.82) is 0 Å². The number of aryl methyl sites for hydroxylation is 1. The normalized spacial score (nSPS) is 18.5. The van der Waals surface area contributed by atoms with E-state index in [-0.39, 0.29) is 5.69 Å². The number of halogens is 2. The largest absolute Gasteiger partial charge is 0.344 e. The van der Waals surface area contributed by atoms with Gasteiger partial charge in [-0.05, 0) is 43.0 Å². The van der Waals surface area contributed by atoms with Gasteiger partial charge in [0.05, 0.1) is 5.69 Å². The van der Waals surface area contributed by atoms with Crippen molar-refractivity contribution in [3.05, 3.63) is 64.4 Å². The van der Waals surface area contributed by atoms with Crippen molar-refractivity contribution in [2.45, 2.75) is 31.7 Å². The van der Waals surface area contributed by atoms with Gasteiger partial charge in [0.15, 0.2) is 0 Å². The number of benzene rings is 2. The molecule has 3 N–H and O–H groups in total. The van der Waals surface area contributed by atoms with Crippen LogP contribution in [0, 0.1) is 5.82 Å². The number of carbonyl (C=O) groups excluding carboxylic acids is 3. The Morgan fingerprint density at radius 2 is 1.93 bits per heavy atom. The Morgan fingerprint density at radius 1 is 1.21 bits per heavy atom. The van der Waals surface area contributed by atoms with Gasteiger partial charge in [-0.15, -0.1) is 0 Å². The fraction of sp³-hybridized carbons (Fsp3) is 0.250. The summed E-state index contributed by atoms with van der Waals surface area (Å²) in [5, 5.41) is 5.62. The fourth-order valence-electron chi connectivity index (χ4n) is 3.15. The molecule has 1 fully saturated rings. The van der Waals surface area contributed by atoms with E-state index >= 15 is 0 Å². The summed E-state index contributed by atoms with van der Waals surface area (Å²) in [6.45, 7) is 1.80. The summed E-state index contributed by atoms with van der Waals surface area (Å²) in [5.74, 6) is -1.20. The molecule has 0 saturated carbocycles. The first-order valence-corrected chi connectivity index (χ1v) is 9.87. The van der Waals surface area contributed by atoms with Crippen molar-refractivity contribution < 1.29 is 18.8 Å². The molecule has 0 aliphatic carbocycles. The molecule has 0 radical (unpaired) electrons. The Balaban J connectivity index is 1.67. The van der Waals surface area contributed by atoms with E-state index < -0.39 is 29.3 Å². The number of anilines is 1. The van der Waals surface area contributed by atoms with Crippen LogP contribution in [0.15, 0.2) is 53.0 Å². The molecule has 1 aliphatic heterocycles. The number of carbonyl (C=O) groups is 3. The molecule has 1 heterocycles. The number of nitrogens with zero attached hydrogens (tertiary/aromatic N) is 1. The Labute approximate surface area is 175 Å². The van der Waals surface area contributed by atoms with Crippen LogP contribution in [-0.4, -0.2) is 28.5 Å². The maximum absolute atomic E-state index is 13.9. The summed E-state index contributed by atoms with van der Waals surface area (Å²) >= 11 is 3.13. The third-order valence-electron chi connectivity index (χ3n) is 4.84. The zero-order chi connectivity index (χ0) is 21.0. The van der Waals surface area contributed by atoms with Gasteiger partial charge >= 0.3 is 12.1 Å². The van der Waals surface area contributed by atoms with Crippen LogP contribution >= 0.6 is 15.9 Å². The molecule has 9 heteroatoms. The van der Waals surface area contributed by atoms with E-state index in [9.17, 15) is 18.8 Å². The van der Waals surface area contributed by atoms with Crippen molar-refractivity contribution >= 4 is 39.6 Å². The first kappa shape index (κ1) is 20.8. The standard InChI is InChI=1S/C20H20BrFN4O3/c1-2-20(11-10-13-6-4-3-5-7-13)17(27)26(19(29)24-20)25-18(28)23-16-9-8-14(21)12-15(16)22/h3-9,12H,2,10-11H2,1H3,(H,24,29)(H2,23,25,28). The molecule has 1 saturated heterocycles. The van der Waals surface area contributed by atoms with E-state index in [0.717, 1.165) is 5.56 Å². The monoisotopic (exact) mass is 462 g/mol. The van der Waals surface area contributed by atoms with Gasteiger partial charge in [0, 0.05) is 4.47 Å². The van der Waals surface area contributed by atoms with Crippen molar-refractivity contribution in [2.24, 2.45) is 0 Å². The van der Waals surface area contributed by atoms with Crippen LogP contribution < -0.4 is 16.1 Å². The number of nitrogens with one attached hydrogen (secondary N) is 3. The second-order valence-electron chi connectivity index (χ2n) is 6.68. The molecule has 1 aliphatic rings.